The smallest absolute Gasteiger partial charge is 0.492 e. The molecule has 0 N–H and O–H groups in total. The van der Waals surface area contributed by atoms with E-state index in [4.69, 9.17) is 9.47 Å². The van der Waals surface area contributed by atoms with Crippen molar-refractivity contribution in [1.82, 2.24) is 4.90 Å². The number of amides is 1. The highest BCUT2D eigenvalue weighted by Gasteiger charge is 2.34. The standard InChI is InChI=1S/C16H19BrF3NO4/c1-15(2,3)25-14(22)21-7-10(8-21)9-23-13-6-11(4-5-12(13)17)24-16(18,19)20/h4-6,10H,7-9H2,1-3H3. The fourth-order valence-electron chi connectivity index (χ4n) is 2.15. The first-order chi connectivity index (χ1) is 11.4. The first kappa shape index (κ1) is 19.7. The van der Waals surface area contributed by atoms with E-state index in [1.807, 2.05) is 0 Å². The zero-order valence-corrected chi connectivity index (χ0v) is 15.6. The number of benzene rings is 1. The molecule has 0 bridgehead atoms. The molecule has 0 atom stereocenters. The summed E-state index contributed by atoms with van der Waals surface area (Å²) in [6.45, 7) is 6.60. The van der Waals surface area contributed by atoms with Crippen LogP contribution in [0.3, 0.4) is 0 Å². The normalized spacial score (nSPS) is 15.6. The summed E-state index contributed by atoms with van der Waals surface area (Å²) in [5, 5.41) is 0. The number of hydrogen-bond donors (Lipinski definition) is 0. The van der Waals surface area contributed by atoms with Gasteiger partial charge in [-0.15, -0.1) is 13.2 Å². The maximum atomic E-state index is 12.3. The van der Waals surface area contributed by atoms with Gasteiger partial charge in [0.05, 0.1) is 11.1 Å². The molecule has 1 aromatic rings. The lowest BCUT2D eigenvalue weighted by atomic mass is 10.0. The lowest BCUT2D eigenvalue weighted by Crippen LogP contribution is -2.53. The second-order valence-electron chi connectivity index (χ2n) is 6.70. The molecule has 9 heteroatoms. The highest BCUT2D eigenvalue weighted by Crippen LogP contribution is 2.33. The highest BCUT2D eigenvalue weighted by molar-refractivity contribution is 9.10. The van der Waals surface area contributed by atoms with Gasteiger partial charge in [0.2, 0.25) is 0 Å². The van der Waals surface area contributed by atoms with Crippen molar-refractivity contribution < 1.29 is 32.2 Å². The van der Waals surface area contributed by atoms with Crippen LogP contribution in [0.5, 0.6) is 11.5 Å². The zero-order valence-electron chi connectivity index (χ0n) is 14.0. The zero-order chi connectivity index (χ0) is 18.8. The first-order valence-electron chi connectivity index (χ1n) is 7.59. The Hall–Kier alpha value is -1.64. The van der Waals surface area contributed by atoms with Crippen molar-refractivity contribution in [2.24, 2.45) is 5.92 Å². The van der Waals surface area contributed by atoms with Crippen molar-refractivity contribution >= 4 is 22.0 Å². The van der Waals surface area contributed by atoms with E-state index < -0.39 is 12.0 Å². The fraction of sp³-hybridized carbons (Fsp3) is 0.562. The van der Waals surface area contributed by atoms with Gasteiger partial charge in [-0.25, -0.2) is 4.79 Å². The molecule has 0 aliphatic carbocycles. The minimum absolute atomic E-state index is 0.0895. The van der Waals surface area contributed by atoms with Gasteiger partial charge in [0.1, 0.15) is 17.1 Å². The summed E-state index contributed by atoms with van der Waals surface area (Å²) < 4.78 is 52.0. The maximum Gasteiger partial charge on any atom is 0.573 e. The highest BCUT2D eigenvalue weighted by atomic mass is 79.9. The Morgan fingerprint density at radius 1 is 1.28 bits per heavy atom. The number of alkyl halides is 3. The van der Waals surface area contributed by atoms with Crippen LogP contribution in [-0.4, -0.2) is 42.7 Å². The van der Waals surface area contributed by atoms with Gasteiger partial charge in [0.25, 0.3) is 0 Å². The van der Waals surface area contributed by atoms with Crippen LogP contribution in [0.2, 0.25) is 0 Å². The van der Waals surface area contributed by atoms with Crippen LogP contribution in [0, 0.1) is 5.92 Å². The van der Waals surface area contributed by atoms with Crippen molar-refractivity contribution in [3.05, 3.63) is 22.7 Å². The molecule has 1 amide bonds. The molecule has 0 aromatic heterocycles. The number of halogens is 4. The first-order valence-corrected chi connectivity index (χ1v) is 8.38. The van der Waals surface area contributed by atoms with Crippen molar-refractivity contribution in [1.29, 1.82) is 0 Å². The Morgan fingerprint density at radius 3 is 2.48 bits per heavy atom. The van der Waals surface area contributed by atoms with E-state index >= 15 is 0 Å². The summed E-state index contributed by atoms with van der Waals surface area (Å²) >= 11 is 3.22. The number of hydrogen-bond acceptors (Lipinski definition) is 4. The van der Waals surface area contributed by atoms with Gasteiger partial charge < -0.3 is 19.1 Å². The van der Waals surface area contributed by atoms with Gasteiger partial charge in [-0.2, -0.15) is 0 Å². The number of likely N-dealkylation sites (tertiary alicyclic amines) is 1. The van der Waals surface area contributed by atoms with E-state index in [9.17, 15) is 18.0 Å². The molecule has 0 spiro atoms. The van der Waals surface area contributed by atoms with Gasteiger partial charge in [-0.1, -0.05) is 0 Å². The van der Waals surface area contributed by atoms with Crippen LogP contribution >= 0.6 is 15.9 Å². The molecular weight excluding hydrogens is 407 g/mol. The van der Waals surface area contributed by atoms with E-state index in [0.717, 1.165) is 0 Å². The van der Waals surface area contributed by atoms with E-state index in [1.165, 1.54) is 18.2 Å². The molecule has 1 heterocycles. The van der Waals surface area contributed by atoms with Crippen LogP contribution in [0.4, 0.5) is 18.0 Å². The monoisotopic (exact) mass is 425 g/mol. The van der Waals surface area contributed by atoms with Crippen molar-refractivity contribution in [2.45, 2.75) is 32.7 Å². The van der Waals surface area contributed by atoms with Crippen molar-refractivity contribution in [3.8, 4) is 11.5 Å². The molecule has 0 unspecified atom stereocenters. The van der Waals surface area contributed by atoms with Crippen molar-refractivity contribution in [2.75, 3.05) is 19.7 Å². The predicted molar refractivity (Wildman–Crippen MR) is 87.6 cm³/mol. The molecule has 0 saturated carbocycles. The molecule has 140 valence electrons. The molecule has 1 fully saturated rings. The number of carbonyl (C=O) groups is 1. The predicted octanol–water partition coefficient (Wildman–Crippen LogP) is 4.59. The lowest BCUT2D eigenvalue weighted by molar-refractivity contribution is -0.274. The van der Waals surface area contributed by atoms with Gasteiger partial charge in [0.15, 0.2) is 0 Å². The van der Waals surface area contributed by atoms with Crippen LogP contribution in [0.25, 0.3) is 0 Å². The van der Waals surface area contributed by atoms with E-state index in [-0.39, 0.29) is 30.1 Å². The minimum atomic E-state index is -4.76. The van der Waals surface area contributed by atoms with Gasteiger partial charge in [0, 0.05) is 25.1 Å². The minimum Gasteiger partial charge on any atom is -0.492 e. The Bertz CT molecular complexity index is 625. The third-order valence-electron chi connectivity index (χ3n) is 3.22. The van der Waals surface area contributed by atoms with Crippen LogP contribution in [0.15, 0.2) is 22.7 Å². The summed E-state index contributed by atoms with van der Waals surface area (Å²) in [4.78, 5) is 13.4. The maximum absolute atomic E-state index is 12.3. The third-order valence-corrected chi connectivity index (χ3v) is 3.87. The quantitative estimate of drug-likeness (QED) is 0.707. The van der Waals surface area contributed by atoms with Gasteiger partial charge in [-0.3, -0.25) is 0 Å². The molecule has 1 aromatic carbocycles. The van der Waals surface area contributed by atoms with Crippen LogP contribution < -0.4 is 9.47 Å². The Labute approximate surface area is 152 Å². The topological polar surface area (TPSA) is 48.0 Å². The molecule has 1 aliphatic heterocycles. The molecule has 5 nitrogen and oxygen atoms in total. The summed E-state index contributed by atoms with van der Waals surface area (Å²) in [5.41, 5.74) is -0.553. The molecule has 25 heavy (non-hydrogen) atoms. The average Bonchev–Trinajstić information content (AvgIpc) is 2.36. The molecule has 1 saturated heterocycles. The Kier molecular flexibility index (Phi) is 5.75. The van der Waals surface area contributed by atoms with Crippen LogP contribution in [-0.2, 0) is 4.74 Å². The van der Waals surface area contributed by atoms with E-state index in [2.05, 4.69) is 20.7 Å². The van der Waals surface area contributed by atoms with Crippen molar-refractivity contribution in [3.63, 3.8) is 0 Å². The van der Waals surface area contributed by atoms with Gasteiger partial charge >= 0.3 is 12.5 Å². The largest absolute Gasteiger partial charge is 0.573 e. The number of nitrogens with zero attached hydrogens (tertiary/aromatic N) is 1. The molecule has 0 radical (unpaired) electrons. The number of carbonyl (C=O) groups excluding carboxylic acids is 1. The van der Waals surface area contributed by atoms with E-state index in [1.54, 1.807) is 25.7 Å². The Morgan fingerprint density at radius 2 is 1.92 bits per heavy atom. The van der Waals surface area contributed by atoms with Gasteiger partial charge in [-0.05, 0) is 48.8 Å². The second-order valence-corrected chi connectivity index (χ2v) is 7.56. The third kappa shape index (κ3) is 6.30. The molecule has 2 rings (SSSR count). The average molecular weight is 426 g/mol. The summed E-state index contributed by atoms with van der Waals surface area (Å²) in [6.07, 6.45) is -5.14. The summed E-state index contributed by atoms with van der Waals surface area (Å²) in [7, 11) is 0. The fourth-order valence-corrected chi connectivity index (χ4v) is 2.51. The number of rotatable bonds is 4. The summed E-state index contributed by atoms with van der Waals surface area (Å²) in [6, 6.07) is 3.78. The van der Waals surface area contributed by atoms with E-state index in [0.29, 0.717) is 17.6 Å². The molecular formula is C16H19BrF3NO4. The van der Waals surface area contributed by atoms with Crippen LogP contribution in [0.1, 0.15) is 20.8 Å². The lowest BCUT2D eigenvalue weighted by Gasteiger charge is -2.39. The summed E-state index contributed by atoms with van der Waals surface area (Å²) in [5.74, 6) is -0.0150. The number of ether oxygens (including phenoxy) is 3. The second kappa shape index (κ2) is 7.31. The molecule has 1 aliphatic rings. The SMILES string of the molecule is CC(C)(C)OC(=O)N1CC(COc2cc(OC(F)(F)F)ccc2Br)C1. The Balaban J connectivity index is 1.83.